The van der Waals surface area contributed by atoms with Gasteiger partial charge in [0, 0.05) is 12.3 Å². The van der Waals surface area contributed by atoms with Crippen molar-refractivity contribution in [1.82, 2.24) is 10.3 Å². The maximum Gasteiger partial charge on any atom is 0.213 e. The summed E-state index contributed by atoms with van der Waals surface area (Å²) in [6.45, 7) is 5.06. The Morgan fingerprint density at radius 3 is 2.87 bits per heavy atom. The highest BCUT2D eigenvalue weighted by Crippen LogP contribution is 2.02. The zero-order chi connectivity index (χ0) is 10.8. The standard InChI is InChI=1S/C12H20N2O/c1-2-3-8-13-9-6-11-15-12-7-4-5-10-14-12/h4-5,7,10,13H,2-3,6,8-9,11H2,1H3. The summed E-state index contributed by atoms with van der Waals surface area (Å²) >= 11 is 0. The van der Waals surface area contributed by atoms with Crippen molar-refractivity contribution >= 4 is 0 Å². The number of rotatable bonds is 8. The molecule has 3 nitrogen and oxygen atoms in total. The van der Waals surface area contributed by atoms with Crippen LogP contribution in [0.4, 0.5) is 0 Å². The topological polar surface area (TPSA) is 34.1 Å². The summed E-state index contributed by atoms with van der Waals surface area (Å²) in [6, 6.07) is 5.70. The second kappa shape index (κ2) is 8.24. The Kier molecular flexibility index (Phi) is 6.58. The first-order valence-electron chi connectivity index (χ1n) is 5.68. The van der Waals surface area contributed by atoms with Crippen LogP contribution in [-0.4, -0.2) is 24.7 Å². The molecule has 3 heteroatoms. The van der Waals surface area contributed by atoms with Crippen molar-refractivity contribution in [2.75, 3.05) is 19.7 Å². The van der Waals surface area contributed by atoms with E-state index in [4.69, 9.17) is 4.74 Å². The molecule has 0 aliphatic rings. The molecule has 0 fully saturated rings. The molecule has 1 N–H and O–H groups in total. The van der Waals surface area contributed by atoms with Gasteiger partial charge in [0.25, 0.3) is 0 Å². The van der Waals surface area contributed by atoms with Gasteiger partial charge in [-0.25, -0.2) is 4.98 Å². The Morgan fingerprint density at radius 2 is 2.13 bits per heavy atom. The molecule has 1 heterocycles. The minimum Gasteiger partial charge on any atom is -0.478 e. The van der Waals surface area contributed by atoms with Crippen molar-refractivity contribution in [3.05, 3.63) is 24.4 Å². The van der Waals surface area contributed by atoms with Crippen LogP contribution < -0.4 is 10.1 Å². The third-order valence-electron chi connectivity index (χ3n) is 2.09. The van der Waals surface area contributed by atoms with Crippen LogP contribution in [-0.2, 0) is 0 Å². The van der Waals surface area contributed by atoms with Gasteiger partial charge in [-0.3, -0.25) is 0 Å². The fraction of sp³-hybridized carbons (Fsp3) is 0.583. The highest BCUT2D eigenvalue weighted by molar-refractivity contribution is 5.08. The molecule has 1 aromatic rings. The van der Waals surface area contributed by atoms with Gasteiger partial charge in [0.05, 0.1) is 6.61 Å². The van der Waals surface area contributed by atoms with Crippen molar-refractivity contribution in [3.8, 4) is 5.88 Å². The van der Waals surface area contributed by atoms with Gasteiger partial charge < -0.3 is 10.1 Å². The predicted molar refractivity (Wildman–Crippen MR) is 62.1 cm³/mol. The van der Waals surface area contributed by atoms with E-state index >= 15 is 0 Å². The minimum atomic E-state index is 0.714. The average molecular weight is 208 g/mol. The molecule has 0 bridgehead atoms. The van der Waals surface area contributed by atoms with Gasteiger partial charge in [0.15, 0.2) is 0 Å². The van der Waals surface area contributed by atoms with Crippen molar-refractivity contribution in [3.63, 3.8) is 0 Å². The lowest BCUT2D eigenvalue weighted by molar-refractivity contribution is 0.297. The lowest BCUT2D eigenvalue weighted by Gasteiger charge is -2.05. The lowest BCUT2D eigenvalue weighted by Crippen LogP contribution is -2.18. The van der Waals surface area contributed by atoms with E-state index in [0.717, 1.165) is 26.1 Å². The molecule has 0 aliphatic carbocycles. The van der Waals surface area contributed by atoms with E-state index in [1.54, 1.807) is 6.20 Å². The smallest absolute Gasteiger partial charge is 0.213 e. The first kappa shape index (κ1) is 12.0. The number of ether oxygens (including phenoxy) is 1. The summed E-state index contributed by atoms with van der Waals surface area (Å²) in [4.78, 5) is 4.08. The third-order valence-corrected chi connectivity index (χ3v) is 2.09. The SMILES string of the molecule is CCCCNCCCOc1ccccn1. The fourth-order valence-electron chi connectivity index (χ4n) is 1.23. The Morgan fingerprint density at radius 1 is 1.27 bits per heavy atom. The largest absolute Gasteiger partial charge is 0.478 e. The van der Waals surface area contributed by atoms with Crippen LogP contribution in [0.25, 0.3) is 0 Å². The number of aromatic nitrogens is 1. The molecular formula is C12H20N2O. The van der Waals surface area contributed by atoms with Crippen LogP contribution >= 0.6 is 0 Å². The molecule has 0 atom stereocenters. The molecule has 0 radical (unpaired) electrons. The van der Waals surface area contributed by atoms with Crippen molar-refractivity contribution in [2.45, 2.75) is 26.2 Å². The molecule has 0 aliphatic heterocycles. The summed E-state index contributed by atoms with van der Waals surface area (Å²) in [7, 11) is 0. The van der Waals surface area contributed by atoms with E-state index in [1.807, 2.05) is 18.2 Å². The van der Waals surface area contributed by atoms with Crippen LogP contribution in [0.3, 0.4) is 0 Å². The Labute approximate surface area is 91.9 Å². The van der Waals surface area contributed by atoms with E-state index in [1.165, 1.54) is 12.8 Å². The van der Waals surface area contributed by atoms with Crippen molar-refractivity contribution in [2.24, 2.45) is 0 Å². The van der Waals surface area contributed by atoms with Gasteiger partial charge in [0.1, 0.15) is 0 Å². The molecule has 15 heavy (non-hydrogen) atoms. The number of hydrogen-bond donors (Lipinski definition) is 1. The molecule has 0 aromatic carbocycles. The van der Waals surface area contributed by atoms with E-state index in [-0.39, 0.29) is 0 Å². The highest BCUT2D eigenvalue weighted by atomic mass is 16.5. The quantitative estimate of drug-likeness (QED) is 0.665. The molecule has 1 rings (SSSR count). The average Bonchev–Trinajstić information content (AvgIpc) is 2.29. The molecule has 0 saturated carbocycles. The van der Waals surface area contributed by atoms with Gasteiger partial charge in [-0.2, -0.15) is 0 Å². The minimum absolute atomic E-state index is 0.714. The third kappa shape index (κ3) is 6.07. The number of unbranched alkanes of at least 4 members (excludes halogenated alkanes) is 1. The second-order valence-electron chi connectivity index (χ2n) is 3.47. The van der Waals surface area contributed by atoms with Gasteiger partial charge in [-0.1, -0.05) is 19.4 Å². The maximum absolute atomic E-state index is 5.46. The van der Waals surface area contributed by atoms with E-state index in [9.17, 15) is 0 Å². The predicted octanol–water partition coefficient (Wildman–Crippen LogP) is 2.24. The Bertz CT molecular complexity index is 239. The lowest BCUT2D eigenvalue weighted by atomic mass is 10.3. The zero-order valence-corrected chi connectivity index (χ0v) is 9.41. The summed E-state index contributed by atoms with van der Waals surface area (Å²) < 4.78 is 5.46. The molecular weight excluding hydrogens is 188 g/mol. The van der Waals surface area contributed by atoms with E-state index in [0.29, 0.717) is 5.88 Å². The van der Waals surface area contributed by atoms with Crippen LogP contribution in [0.1, 0.15) is 26.2 Å². The summed E-state index contributed by atoms with van der Waals surface area (Å²) in [5.74, 6) is 0.714. The van der Waals surface area contributed by atoms with Gasteiger partial charge in [-0.05, 0) is 32.0 Å². The Balaban J connectivity index is 1.93. The van der Waals surface area contributed by atoms with Gasteiger partial charge in [0.2, 0.25) is 5.88 Å². The monoisotopic (exact) mass is 208 g/mol. The fourth-order valence-corrected chi connectivity index (χ4v) is 1.23. The van der Waals surface area contributed by atoms with Crippen molar-refractivity contribution < 1.29 is 4.74 Å². The molecule has 0 spiro atoms. The highest BCUT2D eigenvalue weighted by Gasteiger charge is 1.92. The van der Waals surface area contributed by atoms with Crippen LogP contribution in [0.15, 0.2) is 24.4 Å². The Hall–Kier alpha value is -1.09. The zero-order valence-electron chi connectivity index (χ0n) is 9.41. The summed E-state index contributed by atoms with van der Waals surface area (Å²) in [5, 5.41) is 3.37. The van der Waals surface area contributed by atoms with Gasteiger partial charge in [-0.15, -0.1) is 0 Å². The van der Waals surface area contributed by atoms with Crippen molar-refractivity contribution in [1.29, 1.82) is 0 Å². The van der Waals surface area contributed by atoms with Gasteiger partial charge >= 0.3 is 0 Å². The van der Waals surface area contributed by atoms with Crippen LogP contribution in [0, 0.1) is 0 Å². The number of pyridine rings is 1. The normalized spacial score (nSPS) is 10.2. The first-order valence-corrected chi connectivity index (χ1v) is 5.68. The molecule has 0 unspecified atom stereocenters. The van der Waals surface area contributed by atoms with E-state index in [2.05, 4.69) is 17.2 Å². The molecule has 0 amide bonds. The van der Waals surface area contributed by atoms with E-state index < -0.39 is 0 Å². The van der Waals surface area contributed by atoms with Crippen LogP contribution in [0.2, 0.25) is 0 Å². The molecule has 1 aromatic heterocycles. The first-order chi connectivity index (χ1) is 7.43. The maximum atomic E-state index is 5.46. The van der Waals surface area contributed by atoms with Crippen LogP contribution in [0.5, 0.6) is 5.88 Å². The molecule has 84 valence electrons. The second-order valence-corrected chi connectivity index (χ2v) is 3.47. The summed E-state index contributed by atoms with van der Waals surface area (Å²) in [5.41, 5.74) is 0. The summed E-state index contributed by atoms with van der Waals surface area (Å²) in [6.07, 6.45) is 5.27. The number of hydrogen-bond acceptors (Lipinski definition) is 3. The number of nitrogens with one attached hydrogen (secondary N) is 1. The molecule has 0 saturated heterocycles. The number of nitrogens with zero attached hydrogens (tertiary/aromatic N) is 1.